The molecule has 184 valence electrons. The van der Waals surface area contributed by atoms with Gasteiger partial charge in [0.1, 0.15) is 5.82 Å². The van der Waals surface area contributed by atoms with Gasteiger partial charge in [-0.25, -0.2) is 4.98 Å². The molecular weight excluding hydrogens is 480 g/mol. The van der Waals surface area contributed by atoms with Crippen molar-refractivity contribution in [2.24, 2.45) is 0 Å². The van der Waals surface area contributed by atoms with E-state index >= 15 is 0 Å². The summed E-state index contributed by atoms with van der Waals surface area (Å²) in [5.41, 5.74) is 9.70. The van der Waals surface area contributed by atoms with Crippen LogP contribution in [-0.2, 0) is 12.8 Å². The van der Waals surface area contributed by atoms with E-state index in [0.717, 1.165) is 41.0 Å². The van der Waals surface area contributed by atoms with Crippen molar-refractivity contribution in [3.63, 3.8) is 0 Å². The van der Waals surface area contributed by atoms with Gasteiger partial charge in [0.15, 0.2) is 0 Å². The average Bonchev–Trinajstić information content (AvgIpc) is 3.55. The molecule has 0 bridgehead atoms. The van der Waals surface area contributed by atoms with Gasteiger partial charge in [-0.05, 0) is 83.6 Å². The predicted octanol–water partition coefficient (Wildman–Crippen LogP) is 9.85. The maximum Gasteiger partial charge on any atom is 0.145 e. The second-order valence-corrected chi connectivity index (χ2v) is 10.9. The smallest absolute Gasteiger partial charge is 0.145 e. The summed E-state index contributed by atoms with van der Waals surface area (Å²) in [4.78, 5) is 5.05. The number of fused-ring (bicyclic) bond motifs is 4. The van der Waals surface area contributed by atoms with Gasteiger partial charge in [0, 0.05) is 31.4 Å². The molecule has 0 aliphatic rings. The van der Waals surface area contributed by atoms with Crippen LogP contribution in [0.4, 0.5) is 0 Å². The van der Waals surface area contributed by atoms with Crippen LogP contribution in [0.3, 0.4) is 0 Å². The Hall–Kier alpha value is -4.21. The quantitative estimate of drug-likeness (QED) is 0.226. The molecule has 0 amide bonds. The summed E-state index contributed by atoms with van der Waals surface area (Å²) in [6.07, 6.45) is 2.08. The largest absolute Gasteiger partial charge is 0.292 e. The van der Waals surface area contributed by atoms with Gasteiger partial charge in [0.05, 0.1) is 11.0 Å². The minimum atomic E-state index is 0.963. The normalized spacial score (nSPS) is 11.6. The highest BCUT2D eigenvalue weighted by Gasteiger charge is 2.16. The Morgan fingerprint density at radius 1 is 0.658 bits per heavy atom. The Labute approximate surface area is 226 Å². The van der Waals surface area contributed by atoms with Crippen molar-refractivity contribution in [2.75, 3.05) is 0 Å². The van der Waals surface area contributed by atoms with Crippen LogP contribution in [0.15, 0.2) is 109 Å². The van der Waals surface area contributed by atoms with E-state index in [0.29, 0.717) is 0 Å². The second-order valence-electron chi connectivity index (χ2n) is 9.83. The van der Waals surface area contributed by atoms with E-state index in [1.165, 1.54) is 42.4 Å². The number of aryl methyl sites for hydroxylation is 2. The van der Waals surface area contributed by atoms with E-state index < -0.39 is 0 Å². The molecule has 2 heterocycles. The van der Waals surface area contributed by atoms with Gasteiger partial charge < -0.3 is 0 Å². The third-order valence-electron chi connectivity index (χ3n) is 7.54. The number of imidazole rings is 1. The summed E-state index contributed by atoms with van der Waals surface area (Å²) in [6.45, 7) is 4.47. The first kappa shape index (κ1) is 22.9. The van der Waals surface area contributed by atoms with Crippen LogP contribution < -0.4 is 0 Å². The number of nitrogens with zero attached hydrogens (tertiary/aromatic N) is 2. The number of thiophene rings is 1. The number of benzene rings is 5. The molecule has 38 heavy (non-hydrogen) atoms. The monoisotopic (exact) mass is 508 g/mol. The zero-order chi connectivity index (χ0) is 25.6. The molecule has 0 spiro atoms. The molecule has 0 aliphatic carbocycles. The van der Waals surface area contributed by atoms with Crippen molar-refractivity contribution in [1.82, 2.24) is 9.55 Å². The fraction of sp³-hybridized carbons (Fsp3) is 0.114. The minimum Gasteiger partial charge on any atom is -0.292 e. The van der Waals surface area contributed by atoms with Crippen LogP contribution in [0.1, 0.15) is 25.0 Å². The molecule has 0 saturated heterocycles. The molecule has 0 atom stereocenters. The molecule has 0 saturated carbocycles. The van der Waals surface area contributed by atoms with E-state index in [4.69, 9.17) is 4.98 Å². The summed E-state index contributed by atoms with van der Waals surface area (Å²) in [5.74, 6) is 0.963. The van der Waals surface area contributed by atoms with Crippen molar-refractivity contribution in [2.45, 2.75) is 26.7 Å². The highest BCUT2D eigenvalue weighted by atomic mass is 32.1. The predicted molar refractivity (Wildman–Crippen MR) is 164 cm³/mol. The standard InChI is InChI=1S/C35H28N2S/c1-3-23-14-19-33-29(20-23)30-22-24(4-2)21-28(34(30)38-33)25-15-17-26(18-16-25)35-36-31-12-8-9-13-32(31)37(35)27-10-6-5-7-11-27/h5-22H,3-4H2,1-2H3. The van der Waals surface area contributed by atoms with Gasteiger partial charge in [-0.15, -0.1) is 11.3 Å². The van der Waals surface area contributed by atoms with E-state index in [1.54, 1.807) is 0 Å². The molecule has 2 nitrogen and oxygen atoms in total. The van der Waals surface area contributed by atoms with Crippen LogP contribution >= 0.6 is 11.3 Å². The van der Waals surface area contributed by atoms with E-state index in [-0.39, 0.29) is 0 Å². The fourth-order valence-corrected chi connectivity index (χ4v) is 6.68. The maximum absolute atomic E-state index is 5.05. The Kier molecular flexibility index (Phi) is 5.60. The van der Waals surface area contributed by atoms with Crippen molar-refractivity contribution >= 4 is 42.5 Å². The van der Waals surface area contributed by atoms with Crippen LogP contribution in [-0.4, -0.2) is 9.55 Å². The SMILES string of the molecule is CCc1ccc2sc3c(-c4ccc(-c5nc6ccccc6n5-c5ccccc5)cc4)cc(CC)cc3c2c1. The van der Waals surface area contributed by atoms with Gasteiger partial charge in [-0.1, -0.05) is 74.5 Å². The minimum absolute atomic E-state index is 0.963. The lowest BCUT2D eigenvalue weighted by Crippen LogP contribution is -1.97. The van der Waals surface area contributed by atoms with Gasteiger partial charge in [-0.2, -0.15) is 0 Å². The maximum atomic E-state index is 5.05. The van der Waals surface area contributed by atoms with Gasteiger partial charge in [-0.3, -0.25) is 4.57 Å². The summed E-state index contributed by atoms with van der Waals surface area (Å²) < 4.78 is 4.99. The molecule has 0 fully saturated rings. The Morgan fingerprint density at radius 2 is 1.37 bits per heavy atom. The Bertz CT molecular complexity index is 1930. The first-order valence-electron chi connectivity index (χ1n) is 13.3. The number of rotatable bonds is 5. The van der Waals surface area contributed by atoms with Crippen molar-refractivity contribution in [3.8, 4) is 28.2 Å². The Balaban J connectivity index is 1.39. The lowest BCUT2D eigenvalue weighted by Gasteiger charge is -2.11. The number of hydrogen-bond donors (Lipinski definition) is 0. The highest BCUT2D eigenvalue weighted by molar-refractivity contribution is 7.26. The number of para-hydroxylation sites is 3. The van der Waals surface area contributed by atoms with Crippen LogP contribution in [0.25, 0.3) is 59.4 Å². The number of aromatic nitrogens is 2. The summed E-state index contributed by atoms with van der Waals surface area (Å²) >= 11 is 1.91. The molecule has 0 aliphatic heterocycles. The first-order valence-corrected chi connectivity index (χ1v) is 14.2. The zero-order valence-electron chi connectivity index (χ0n) is 21.6. The lowest BCUT2D eigenvalue weighted by molar-refractivity contribution is 1.10. The zero-order valence-corrected chi connectivity index (χ0v) is 22.4. The average molecular weight is 509 g/mol. The van der Waals surface area contributed by atoms with Gasteiger partial charge in [0.2, 0.25) is 0 Å². The third-order valence-corrected chi connectivity index (χ3v) is 8.76. The van der Waals surface area contributed by atoms with Crippen LogP contribution in [0.2, 0.25) is 0 Å². The van der Waals surface area contributed by atoms with Crippen molar-refractivity contribution < 1.29 is 0 Å². The molecule has 3 heteroatoms. The summed E-state index contributed by atoms with van der Waals surface area (Å²) in [5, 5.41) is 2.76. The Morgan fingerprint density at radius 3 is 2.16 bits per heavy atom. The van der Waals surface area contributed by atoms with E-state index in [2.05, 4.69) is 128 Å². The molecule has 0 radical (unpaired) electrons. The molecule has 7 aromatic rings. The second kappa shape index (κ2) is 9.27. The topological polar surface area (TPSA) is 17.8 Å². The van der Waals surface area contributed by atoms with Gasteiger partial charge in [0.25, 0.3) is 0 Å². The lowest BCUT2D eigenvalue weighted by atomic mass is 9.97. The molecular formula is C35H28N2S. The molecule has 2 aromatic heterocycles. The summed E-state index contributed by atoms with van der Waals surface area (Å²) in [7, 11) is 0. The molecule has 0 unspecified atom stereocenters. The molecule has 0 N–H and O–H groups in total. The van der Waals surface area contributed by atoms with E-state index in [9.17, 15) is 0 Å². The van der Waals surface area contributed by atoms with Gasteiger partial charge >= 0.3 is 0 Å². The highest BCUT2D eigenvalue weighted by Crippen LogP contribution is 2.42. The van der Waals surface area contributed by atoms with Crippen molar-refractivity contribution in [1.29, 1.82) is 0 Å². The van der Waals surface area contributed by atoms with E-state index in [1.807, 2.05) is 11.3 Å². The van der Waals surface area contributed by atoms with Crippen molar-refractivity contribution in [3.05, 3.63) is 120 Å². The summed E-state index contributed by atoms with van der Waals surface area (Å²) in [6, 6.07) is 39.6. The number of hydrogen-bond acceptors (Lipinski definition) is 2. The fourth-order valence-electron chi connectivity index (χ4n) is 5.48. The molecule has 5 aromatic carbocycles. The van der Waals surface area contributed by atoms with Crippen LogP contribution in [0, 0.1) is 0 Å². The molecule has 7 rings (SSSR count). The van der Waals surface area contributed by atoms with Crippen LogP contribution in [0.5, 0.6) is 0 Å². The third kappa shape index (κ3) is 3.74. The first-order chi connectivity index (χ1) is 18.7.